The second kappa shape index (κ2) is 5.54. The van der Waals surface area contributed by atoms with E-state index in [1.165, 1.54) is 5.69 Å². The summed E-state index contributed by atoms with van der Waals surface area (Å²) in [5.41, 5.74) is 3.31. The third kappa shape index (κ3) is 2.40. The third-order valence-corrected chi connectivity index (χ3v) is 4.51. The first-order valence-corrected chi connectivity index (χ1v) is 7.85. The van der Waals surface area contributed by atoms with Crippen molar-refractivity contribution in [3.63, 3.8) is 0 Å². The molecule has 2 heterocycles. The molecule has 22 heavy (non-hydrogen) atoms. The van der Waals surface area contributed by atoms with Crippen LogP contribution in [0.5, 0.6) is 11.5 Å². The minimum absolute atomic E-state index is 0.295. The van der Waals surface area contributed by atoms with Crippen molar-refractivity contribution in [2.45, 2.75) is 12.5 Å². The molecule has 0 aliphatic carbocycles. The zero-order valence-corrected chi connectivity index (χ0v) is 12.5. The number of nitrogens with one attached hydrogen (secondary N) is 1. The Balaban J connectivity index is 1.77. The number of nitrogens with zero attached hydrogens (tertiary/aromatic N) is 1. The normalized spacial score (nSPS) is 20.5. The molecule has 0 radical (unpaired) electrons. The van der Waals surface area contributed by atoms with Gasteiger partial charge in [-0.1, -0.05) is 18.2 Å². The number of benzene rings is 2. The van der Waals surface area contributed by atoms with E-state index in [4.69, 9.17) is 4.74 Å². The highest BCUT2D eigenvalue weighted by Gasteiger charge is 2.27. The lowest BCUT2D eigenvalue weighted by atomic mass is 10.0. The van der Waals surface area contributed by atoms with Crippen LogP contribution in [0.2, 0.25) is 0 Å². The molecule has 0 amide bonds. The largest absolute Gasteiger partial charge is 0.508 e. The van der Waals surface area contributed by atoms with Gasteiger partial charge in [0.25, 0.3) is 0 Å². The van der Waals surface area contributed by atoms with Crippen molar-refractivity contribution in [3.05, 3.63) is 42.5 Å². The van der Waals surface area contributed by atoms with Crippen LogP contribution in [-0.2, 0) is 0 Å². The smallest absolute Gasteiger partial charge is 0.142 e. The molecule has 0 bridgehead atoms. The lowest BCUT2D eigenvalue weighted by Gasteiger charge is -2.36. The topological polar surface area (TPSA) is 44.7 Å². The van der Waals surface area contributed by atoms with Crippen molar-refractivity contribution in [2.75, 3.05) is 31.1 Å². The van der Waals surface area contributed by atoms with E-state index in [1.54, 1.807) is 12.1 Å². The van der Waals surface area contributed by atoms with E-state index < -0.39 is 0 Å². The quantitative estimate of drug-likeness (QED) is 0.849. The van der Waals surface area contributed by atoms with Gasteiger partial charge in [-0.15, -0.1) is 0 Å². The Morgan fingerprint density at radius 1 is 1.14 bits per heavy atom. The summed E-state index contributed by atoms with van der Waals surface area (Å²) in [4.78, 5) is 2.46. The molecule has 2 aromatic rings. The number of phenolic OH excluding ortho intramolecular Hbond substituents is 1. The van der Waals surface area contributed by atoms with Crippen molar-refractivity contribution in [2.24, 2.45) is 0 Å². The summed E-state index contributed by atoms with van der Waals surface area (Å²) in [6.07, 6.45) is 1.04. The fourth-order valence-corrected chi connectivity index (χ4v) is 3.37. The Bertz CT molecular complexity index is 687. The summed E-state index contributed by atoms with van der Waals surface area (Å²) in [6.45, 7) is 3.79. The number of aromatic hydroxyl groups is 1. The van der Waals surface area contributed by atoms with Gasteiger partial charge in [0, 0.05) is 32.1 Å². The van der Waals surface area contributed by atoms with Gasteiger partial charge in [-0.25, -0.2) is 0 Å². The summed E-state index contributed by atoms with van der Waals surface area (Å²) in [7, 11) is 0. The molecule has 1 unspecified atom stereocenters. The summed E-state index contributed by atoms with van der Waals surface area (Å²) >= 11 is 0. The average Bonchev–Trinajstić information content (AvgIpc) is 2.74. The fourth-order valence-electron chi connectivity index (χ4n) is 3.37. The zero-order chi connectivity index (χ0) is 14.9. The van der Waals surface area contributed by atoms with E-state index in [1.807, 2.05) is 12.1 Å². The first kappa shape index (κ1) is 13.5. The van der Waals surface area contributed by atoms with Gasteiger partial charge in [0.1, 0.15) is 11.5 Å². The second-order valence-electron chi connectivity index (χ2n) is 5.92. The minimum atomic E-state index is 0.295. The zero-order valence-electron chi connectivity index (χ0n) is 12.5. The van der Waals surface area contributed by atoms with Crippen molar-refractivity contribution >= 4 is 5.69 Å². The van der Waals surface area contributed by atoms with E-state index in [0.29, 0.717) is 11.8 Å². The molecular weight excluding hydrogens is 276 g/mol. The van der Waals surface area contributed by atoms with Gasteiger partial charge in [0.05, 0.1) is 12.3 Å². The van der Waals surface area contributed by atoms with Crippen LogP contribution in [0.1, 0.15) is 6.42 Å². The highest BCUT2D eigenvalue weighted by molar-refractivity contribution is 5.74. The van der Waals surface area contributed by atoms with Crippen molar-refractivity contribution in [3.8, 4) is 22.6 Å². The second-order valence-corrected chi connectivity index (χ2v) is 5.92. The predicted molar refractivity (Wildman–Crippen MR) is 87.7 cm³/mol. The summed E-state index contributed by atoms with van der Waals surface area (Å²) in [5.74, 6) is 1.26. The number of fused-ring (bicyclic) bond motifs is 3. The number of ether oxygens (including phenoxy) is 1. The minimum Gasteiger partial charge on any atom is -0.508 e. The molecule has 2 aliphatic heterocycles. The highest BCUT2D eigenvalue weighted by atomic mass is 16.5. The van der Waals surface area contributed by atoms with Crippen LogP contribution in [-0.4, -0.2) is 37.4 Å². The van der Waals surface area contributed by atoms with E-state index in [2.05, 4.69) is 28.4 Å². The van der Waals surface area contributed by atoms with E-state index in [9.17, 15) is 5.11 Å². The number of anilines is 1. The van der Waals surface area contributed by atoms with E-state index in [0.717, 1.165) is 49.5 Å². The fraction of sp³-hybridized carbons (Fsp3) is 0.333. The number of hydrogen-bond donors (Lipinski definition) is 2. The van der Waals surface area contributed by atoms with Crippen LogP contribution < -0.4 is 15.0 Å². The first-order chi connectivity index (χ1) is 10.8. The SMILES string of the molecule is Oc1cccc(-c2ccc3c(c2)N2CCNCC2CCO3)c1. The van der Waals surface area contributed by atoms with Crippen LogP contribution in [0.15, 0.2) is 42.5 Å². The molecule has 4 nitrogen and oxygen atoms in total. The molecule has 0 spiro atoms. The molecule has 2 aliphatic rings. The molecular formula is C18H20N2O2. The molecule has 1 fully saturated rings. The van der Waals surface area contributed by atoms with Crippen LogP contribution in [0, 0.1) is 0 Å². The molecule has 1 atom stereocenters. The Labute approximate surface area is 130 Å². The first-order valence-electron chi connectivity index (χ1n) is 7.85. The molecule has 4 rings (SSSR count). The van der Waals surface area contributed by atoms with Gasteiger partial charge in [-0.05, 0) is 35.4 Å². The van der Waals surface area contributed by atoms with E-state index in [-0.39, 0.29) is 0 Å². The Morgan fingerprint density at radius 3 is 2.95 bits per heavy atom. The van der Waals surface area contributed by atoms with Gasteiger partial charge in [-0.2, -0.15) is 0 Å². The van der Waals surface area contributed by atoms with Gasteiger partial charge in [-0.3, -0.25) is 0 Å². The maximum Gasteiger partial charge on any atom is 0.142 e. The van der Waals surface area contributed by atoms with E-state index >= 15 is 0 Å². The van der Waals surface area contributed by atoms with Crippen molar-refractivity contribution in [1.29, 1.82) is 0 Å². The van der Waals surface area contributed by atoms with Gasteiger partial charge in [0.15, 0.2) is 0 Å². The number of piperazine rings is 1. The number of phenols is 1. The summed E-state index contributed by atoms with van der Waals surface area (Å²) < 4.78 is 5.94. The van der Waals surface area contributed by atoms with Crippen molar-refractivity contribution in [1.82, 2.24) is 5.32 Å². The maximum absolute atomic E-state index is 9.70. The summed E-state index contributed by atoms with van der Waals surface area (Å²) in [5, 5.41) is 13.2. The average molecular weight is 296 g/mol. The Morgan fingerprint density at radius 2 is 2.05 bits per heavy atom. The van der Waals surface area contributed by atoms with Crippen LogP contribution in [0.3, 0.4) is 0 Å². The number of rotatable bonds is 1. The third-order valence-electron chi connectivity index (χ3n) is 4.51. The Hall–Kier alpha value is -2.20. The maximum atomic E-state index is 9.70. The monoisotopic (exact) mass is 296 g/mol. The predicted octanol–water partition coefficient (Wildman–Crippen LogP) is 2.62. The van der Waals surface area contributed by atoms with Crippen LogP contribution in [0.4, 0.5) is 5.69 Å². The lowest BCUT2D eigenvalue weighted by molar-refractivity contribution is 0.304. The highest BCUT2D eigenvalue weighted by Crippen LogP contribution is 2.37. The van der Waals surface area contributed by atoms with Crippen LogP contribution >= 0.6 is 0 Å². The Kier molecular flexibility index (Phi) is 3.39. The van der Waals surface area contributed by atoms with Crippen LogP contribution in [0.25, 0.3) is 11.1 Å². The van der Waals surface area contributed by atoms with Gasteiger partial charge >= 0.3 is 0 Å². The lowest BCUT2D eigenvalue weighted by Crippen LogP contribution is -2.51. The molecule has 1 saturated heterocycles. The molecule has 2 aromatic carbocycles. The molecule has 2 N–H and O–H groups in total. The number of hydrogen-bond acceptors (Lipinski definition) is 4. The molecule has 0 saturated carbocycles. The van der Waals surface area contributed by atoms with Gasteiger partial charge < -0.3 is 20.1 Å². The standard InChI is InChI=1S/C18H20N2O2/c21-16-3-1-2-13(10-16)14-4-5-18-17(11-14)20-8-7-19-12-15(20)6-9-22-18/h1-5,10-11,15,19,21H,6-9,12H2. The molecule has 114 valence electrons. The van der Waals surface area contributed by atoms with Gasteiger partial charge in [0.2, 0.25) is 0 Å². The molecule has 0 aromatic heterocycles. The van der Waals surface area contributed by atoms with Crippen molar-refractivity contribution < 1.29 is 9.84 Å². The molecule has 4 heteroatoms. The summed E-state index contributed by atoms with van der Waals surface area (Å²) in [6, 6.07) is 14.2.